The summed E-state index contributed by atoms with van der Waals surface area (Å²) in [5.74, 6) is -0.522. The summed E-state index contributed by atoms with van der Waals surface area (Å²) in [5.41, 5.74) is -0.760. The molecular weight excluding hydrogens is 348 g/mol. The number of allylic oxidation sites excluding steroid dienone is 2. The van der Waals surface area contributed by atoms with Crippen molar-refractivity contribution in [1.29, 1.82) is 0 Å². The first-order valence-electron chi connectivity index (χ1n) is 7.73. The molecule has 3 atom stereocenters. The number of aliphatic hydroxyl groups excluding tert-OH is 1. The van der Waals surface area contributed by atoms with Crippen molar-refractivity contribution < 1.29 is 24.5 Å². The Bertz CT molecular complexity index is 914. The van der Waals surface area contributed by atoms with Crippen LogP contribution in [0.3, 0.4) is 0 Å². The lowest BCUT2D eigenvalue weighted by molar-refractivity contribution is 0.0469. The van der Waals surface area contributed by atoms with Crippen LogP contribution < -0.4 is 5.63 Å². The highest BCUT2D eigenvalue weighted by molar-refractivity contribution is 6.37. The summed E-state index contributed by atoms with van der Waals surface area (Å²) in [6.07, 6.45) is 6.24. The summed E-state index contributed by atoms with van der Waals surface area (Å²) >= 11 is 5.99. The first-order valence-corrected chi connectivity index (χ1v) is 8.11. The second-order valence-corrected chi connectivity index (χ2v) is 6.29. The van der Waals surface area contributed by atoms with Crippen molar-refractivity contribution in [3.05, 3.63) is 51.6 Å². The van der Waals surface area contributed by atoms with Crippen LogP contribution in [0.15, 0.2) is 39.6 Å². The molecule has 0 bridgehead atoms. The van der Waals surface area contributed by atoms with E-state index in [4.69, 9.17) is 20.8 Å². The topological polar surface area (TPSA) is 100 Å². The highest BCUT2D eigenvalue weighted by Crippen LogP contribution is 2.36. The standard InChI is InChI=1S/C18H17ClO6/c1-9-6-12(20)15(24-9)5-3-2-4-10-7-11-16(18(23)25-10)13(21)8-14(22)17(11)19/h2-5,7-9,12,15,20-22H,6H2,1H3/t9-,12-,15+/m1/s1. The first-order chi connectivity index (χ1) is 11.9. The highest BCUT2D eigenvalue weighted by Gasteiger charge is 2.28. The first kappa shape index (κ1) is 17.5. The second-order valence-electron chi connectivity index (χ2n) is 5.91. The molecule has 0 unspecified atom stereocenters. The largest absolute Gasteiger partial charge is 0.507 e. The molecule has 0 aliphatic carbocycles. The Kier molecular flexibility index (Phi) is 4.85. The lowest BCUT2D eigenvalue weighted by Gasteiger charge is -2.07. The number of hydrogen-bond acceptors (Lipinski definition) is 6. The normalized spacial score (nSPS) is 24.0. The molecule has 0 saturated carbocycles. The number of phenolic OH excluding ortho intramolecular Hbond substituents is 2. The minimum Gasteiger partial charge on any atom is -0.507 e. The van der Waals surface area contributed by atoms with Crippen molar-refractivity contribution in [2.45, 2.75) is 31.7 Å². The van der Waals surface area contributed by atoms with Crippen LogP contribution in [-0.2, 0) is 4.74 Å². The lowest BCUT2D eigenvalue weighted by atomic mass is 10.1. The zero-order valence-corrected chi connectivity index (χ0v) is 14.1. The Morgan fingerprint density at radius 1 is 1.24 bits per heavy atom. The van der Waals surface area contributed by atoms with Gasteiger partial charge in [-0.2, -0.15) is 0 Å². The van der Waals surface area contributed by atoms with Gasteiger partial charge in [-0.25, -0.2) is 4.79 Å². The number of phenols is 2. The van der Waals surface area contributed by atoms with Crippen LogP contribution in [-0.4, -0.2) is 33.6 Å². The number of fused-ring (bicyclic) bond motifs is 1. The maximum Gasteiger partial charge on any atom is 0.347 e. The third-order valence-electron chi connectivity index (χ3n) is 3.98. The van der Waals surface area contributed by atoms with Gasteiger partial charge in [0.15, 0.2) is 0 Å². The summed E-state index contributed by atoms with van der Waals surface area (Å²) in [5, 5.41) is 29.3. The third-order valence-corrected chi connectivity index (χ3v) is 4.37. The Morgan fingerprint density at radius 2 is 2.00 bits per heavy atom. The molecule has 2 heterocycles. The van der Waals surface area contributed by atoms with E-state index in [2.05, 4.69) is 0 Å². The molecule has 7 heteroatoms. The maximum absolute atomic E-state index is 12.0. The quantitative estimate of drug-likeness (QED) is 0.724. The monoisotopic (exact) mass is 364 g/mol. The number of benzene rings is 1. The number of aliphatic hydroxyl groups is 1. The van der Waals surface area contributed by atoms with Gasteiger partial charge in [0.25, 0.3) is 0 Å². The molecule has 6 nitrogen and oxygen atoms in total. The Morgan fingerprint density at radius 3 is 2.68 bits per heavy atom. The fraction of sp³-hybridized carbons (Fsp3) is 0.278. The van der Waals surface area contributed by atoms with Gasteiger partial charge in [0, 0.05) is 17.9 Å². The fourth-order valence-electron chi connectivity index (χ4n) is 2.80. The van der Waals surface area contributed by atoms with Gasteiger partial charge in [-0.05, 0) is 19.1 Å². The highest BCUT2D eigenvalue weighted by atomic mass is 35.5. The van der Waals surface area contributed by atoms with Crippen LogP contribution in [0.25, 0.3) is 16.8 Å². The Labute approximate surface area is 148 Å². The second kappa shape index (κ2) is 6.92. The minimum absolute atomic E-state index is 0.00892. The van der Waals surface area contributed by atoms with E-state index in [1.807, 2.05) is 6.92 Å². The van der Waals surface area contributed by atoms with Crippen molar-refractivity contribution in [3.8, 4) is 11.5 Å². The molecule has 1 aromatic carbocycles. The van der Waals surface area contributed by atoms with Crippen LogP contribution in [0.2, 0.25) is 5.02 Å². The number of rotatable bonds is 3. The molecule has 2 aromatic rings. The third kappa shape index (κ3) is 3.56. The smallest absolute Gasteiger partial charge is 0.347 e. The molecule has 3 rings (SSSR count). The average molecular weight is 365 g/mol. The van der Waals surface area contributed by atoms with Gasteiger partial charge in [-0.3, -0.25) is 0 Å². The fourth-order valence-corrected chi connectivity index (χ4v) is 3.00. The molecule has 1 aromatic heterocycles. The van der Waals surface area contributed by atoms with Crippen molar-refractivity contribution in [2.24, 2.45) is 0 Å². The van der Waals surface area contributed by atoms with Crippen molar-refractivity contribution >= 4 is 28.4 Å². The van der Waals surface area contributed by atoms with E-state index in [1.54, 1.807) is 18.2 Å². The van der Waals surface area contributed by atoms with E-state index in [0.717, 1.165) is 6.07 Å². The van der Waals surface area contributed by atoms with E-state index in [-0.39, 0.29) is 39.5 Å². The predicted molar refractivity (Wildman–Crippen MR) is 94.0 cm³/mol. The van der Waals surface area contributed by atoms with Gasteiger partial charge in [-0.15, -0.1) is 0 Å². The average Bonchev–Trinajstić information content (AvgIpc) is 2.86. The number of hydrogen-bond donors (Lipinski definition) is 3. The minimum atomic E-state index is -0.760. The number of ether oxygens (including phenoxy) is 1. The molecule has 0 radical (unpaired) electrons. The van der Waals surface area contributed by atoms with E-state index in [0.29, 0.717) is 6.42 Å². The number of aromatic hydroxyl groups is 2. The van der Waals surface area contributed by atoms with E-state index < -0.39 is 17.5 Å². The summed E-state index contributed by atoms with van der Waals surface area (Å²) in [6, 6.07) is 2.44. The molecule has 0 spiro atoms. The summed E-state index contributed by atoms with van der Waals surface area (Å²) in [6.45, 7) is 1.89. The predicted octanol–water partition coefficient (Wildman–Crippen LogP) is 2.97. The van der Waals surface area contributed by atoms with E-state index in [1.165, 1.54) is 12.1 Å². The molecule has 1 fully saturated rings. The molecule has 3 N–H and O–H groups in total. The van der Waals surface area contributed by atoms with Gasteiger partial charge >= 0.3 is 5.63 Å². The van der Waals surface area contributed by atoms with Crippen LogP contribution >= 0.6 is 11.6 Å². The van der Waals surface area contributed by atoms with Crippen LogP contribution in [0.5, 0.6) is 11.5 Å². The molecule has 1 aliphatic rings. The molecule has 25 heavy (non-hydrogen) atoms. The van der Waals surface area contributed by atoms with Gasteiger partial charge in [0.1, 0.15) is 28.7 Å². The zero-order chi connectivity index (χ0) is 18.1. The van der Waals surface area contributed by atoms with Crippen molar-refractivity contribution in [2.75, 3.05) is 0 Å². The van der Waals surface area contributed by atoms with Crippen LogP contribution in [0, 0.1) is 0 Å². The van der Waals surface area contributed by atoms with Gasteiger partial charge in [-0.1, -0.05) is 29.8 Å². The van der Waals surface area contributed by atoms with Gasteiger partial charge in [0.2, 0.25) is 0 Å². The van der Waals surface area contributed by atoms with Crippen molar-refractivity contribution in [1.82, 2.24) is 0 Å². The summed E-state index contributed by atoms with van der Waals surface area (Å²) in [7, 11) is 0. The zero-order valence-electron chi connectivity index (χ0n) is 13.3. The molecule has 1 aliphatic heterocycles. The van der Waals surface area contributed by atoms with E-state index >= 15 is 0 Å². The lowest BCUT2D eigenvalue weighted by Crippen LogP contribution is -2.17. The summed E-state index contributed by atoms with van der Waals surface area (Å²) in [4.78, 5) is 12.0. The molecular formula is C18H17ClO6. The maximum atomic E-state index is 12.0. The van der Waals surface area contributed by atoms with Gasteiger partial charge < -0.3 is 24.5 Å². The molecule has 1 saturated heterocycles. The molecule has 0 amide bonds. The van der Waals surface area contributed by atoms with Crippen LogP contribution in [0.1, 0.15) is 19.1 Å². The SMILES string of the molecule is C[C@@H]1C[C@@H](O)[C@H](C=CC=Cc2cc3c(Cl)c(O)cc(O)c3c(=O)o2)O1. The number of halogens is 1. The van der Waals surface area contributed by atoms with E-state index in [9.17, 15) is 20.1 Å². The Balaban J connectivity index is 1.87. The molecule has 132 valence electrons. The van der Waals surface area contributed by atoms with Crippen molar-refractivity contribution in [3.63, 3.8) is 0 Å². The van der Waals surface area contributed by atoms with Crippen LogP contribution in [0.4, 0.5) is 0 Å². The van der Waals surface area contributed by atoms with Gasteiger partial charge in [0.05, 0.1) is 17.2 Å². The Hall–Kier alpha value is -2.28. The summed E-state index contributed by atoms with van der Waals surface area (Å²) < 4.78 is 10.6.